The highest BCUT2D eigenvalue weighted by molar-refractivity contribution is 5.76. The Labute approximate surface area is 179 Å². The van der Waals surface area contributed by atoms with Crippen LogP contribution in [0.5, 0.6) is 0 Å². The van der Waals surface area contributed by atoms with Crippen molar-refractivity contribution in [1.29, 1.82) is 0 Å². The lowest BCUT2D eigenvalue weighted by Crippen LogP contribution is -2.23. The van der Waals surface area contributed by atoms with Crippen LogP contribution in [0.4, 0.5) is 0 Å². The molecule has 9 nitrogen and oxygen atoms in total. The highest BCUT2D eigenvalue weighted by Gasteiger charge is 2.10. The summed E-state index contributed by atoms with van der Waals surface area (Å²) in [5.41, 5.74) is 2.63. The van der Waals surface area contributed by atoms with Gasteiger partial charge in [0.2, 0.25) is 11.3 Å². The Kier molecular flexibility index (Phi) is 6.96. The zero-order chi connectivity index (χ0) is 22.4. The fourth-order valence-corrected chi connectivity index (χ4v) is 2.98. The minimum absolute atomic E-state index is 0.0529. The van der Waals surface area contributed by atoms with E-state index in [2.05, 4.69) is 10.2 Å². The summed E-state index contributed by atoms with van der Waals surface area (Å²) in [7, 11) is 5.12. The number of carbonyl (C=O) groups excluding carboxylic acids is 2. The van der Waals surface area contributed by atoms with E-state index in [4.69, 9.17) is 4.74 Å². The summed E-state index contributed by atoms with van der Waals surface area (Å²) in [5, 5.41) is 8.56. The largest absolute Gasteiger partial charge is 0.465 e. The first kappa shape index (κ1) is 21.9. The third-order valence-electron chi connectivity index (χ3n) is 4.62. The maximum Gasteiger partial charge on any atom is 0.310 e. The molecule has 0 aliphatic rings. The summed E-state index contributed by atoms with van der Waals surface area (Å²) >= 11 is 0. The zero-order valence-corrected chi connectivity index (χ0v) is 17.8. The van der Waals surface area contributed by atoms with E-state index in [9.17, 15) is 14.4 Å². The average molecular weight is 423 g/mol. The van der Waals surface area contributed by atoms with Gasteiger partial charge in [0.1, 0.15) is 18.0 Å². The minimum Gasteiger partial charge on any atom is -0.465 e. The van der Waals surface area contributed by atoms with Crippen LogP contribution in [0.25, 0.3) is 5.69 Å². The first-order valence-electron chi connectivity index (χ1n) is 9.83. The lowest BCUT2D eigenvalue weighted by molar-refractivity contribution is -0.144. The monoisotopic (exact) mass is 423 g/mol. The smallest absolute Gasteiger partial charge is 0.310 e. The van der Waals surface area contributed by atoms with Gasteiger partial charge in [0.25, 0.3) is 0 Å². The van der Waals surface area contributed by atoms with E-state index in [1.54, 1.807) is 42.0 Å². The molecule has 0 unspecified atom stereocenters. The van der Waals surface area contributed by atoms with Gasteiger partial charge in [-0.25, -0.2) is 4.68 Å². The Morgan fingerprint density at radius 3 is 2.65 bits per heavy atom. The van der Waals surface area contributed by atoms with Crippen LogP contribution in [-0.4, -0.2) is 57.0 Å². The molecular formula is C22H25N5O4. The van der Waals surface area contributed by atoms with E-state index >= 15 is 0 Å². The van der Waals surface area contributed by atoms with Gasteiger partial charge in [-0.3, -0.25) is 19.1 Å². The average Bonchev–Trinajstić information content (AvgIpc) is 3.16. The van der Waals surface area contributed by atoms with E-state index in [1.807, 2.05) is 31.3 Å². The van der Waals surface area contributed by atoms with E-state index in [1.165, 1.54) is 11.0 Å². The fraction of sp³-hybridized carbons (Fsp3) is 0.318. The molecule has 0 aliphatic heterocycles. The molecule has 1 aromatic carbocycles. The molecule has 0 saturated carbocycles. The number of hydrogen-bond donors (Lipinski definition) is 0. The van der Waals surface area contributed by atoms with Gasteiger partial charge in [0.05, 0.1) is 25.2 Å². The number of benzene rings is 1. The number of hydrogen-bond acceptors (Lipinski definition) is 6. The highest BCUT2D eigenvalue weighted by atomic mass is 16.5. The van der Waals surface area contributed by atoms with Crippen molar-refractivity contribution in [3.63, 3.8) is 0 Å². The van der Waals surface area contributed by atoms with E-state index in [-0.39, 0.29) is 30.8 Å². The van der Waals surface area contributed by atoms with Crippen molar-refractivity contribution < 1.29 is 14.3 Å². The molecule has 0 atom stereocenters. The third-order valence-corrected chi connectivity index (χ3v) is 4.62. The van der Waals surface area contributed by atoms with Gasteiger partial charge in [-0.1, -0.05) is 24.3 Å². The molecule has 0 bridgehead atoms. The topological polar surface area (TPSA) is 99.3 Å². The molecule has 0 saturated heterocycles. The molecule has 0 fully saturated rings. The number of aryl methyl sites for hydroxylation is 1. The van der Waals surface area contributed by atoms with Gasteiger partial charge in [-0.15, -0.1) is 0 Å². The number of aromatic nitrogens is 4. The summed E-state index contributed by atoms with van der Waals surface area (Å²) in [4.78, 5) is 37.4. The van der Waals surface area contributed by atoms with Gasteiger partial charge >= 0.3 is 5.97 Å². The molecule has 2 aromatic heterocycles. The van der Waals surface area contributed by atoms with Crippen LogP contribution in [0.2, 0.25) is 0 Å². The Morgan fingerprint density at radius 2 is 1.94 bits per heavy atom. The van der Waals surface area contributed by atoms with Gasteiger partial charge in [0, 0.05) is 39.8 Å². The first-order chi connectivity index (χ1) is 14.8. The van der Waals surface area contributed by atoms with E-state index in [0.29, 0.717) is 12.1 Å². The van der Waals surface area contributed by atoms with Crippen molar-refractivity contribution in [3.05, 3.63) is 76.0 Å². The predicted octanol–water partition coefficient (Wildman–Crippen LogP) is 1.12. The van der Waals surface area contributed by atoms with E-state index in [0.717, 1.165) is 16.8 Å². The lowest BCUT2D eigenvalue weighted by atomic mass is 10.0. The molecule has 31 heavy (non-hydrogen) atoms. The summed E-state index contributed by atoms with van der Waals surface area (Å²) in [5.74, 6) is -0.498. The maximum absolute atomic E-state index is 12.3. The molecule has 0 radical (unpaired) electrons. The second kappa shape index (κ2) is 9.84. The lowest BCUT2D eigenvalue weighted by Gasteiger charge is -2.10. The van der Waals surface area contributed by atoms with Crippen LogP contribution in [0, 0.1) is 0 Å². The first-order valence-corrected chi connectivity index (χ1v) is 9.83. The van der Waals surface area contributed by atoms with Crippen molar-refractivity contribution in [2.24, 2.45) is 7.05 Å². The van der Waals surface area contributed by atoms with Gasteiger partial charge in [-0.05, 0) is 11.1 Å². The molecule has 3 rings (SSSR count). The quantitative estimate of drug-likeness (QED) is 0.504. The number of nitrogens with zero attached hydrogens (tertiary/aromatic N) is 5. The van der Waals surface area contributed by atoms with Crippen LogP contribution in [0.1, 0.15) is 23.2 Å². The zero-order valence-electron chi connectivity index (χ0n) is 17.8. The van der Waals surface area contributed by atoms with Gasteiger partial charge < -0.3 is 9.64 Å². The Hall–Kier alpha value is -3.75. The second-order valence-corrected chi connectivity index (χ2v) is 7.38. The number of ether oxygens (including phenoxy) is 1. The van der Waals surface area contributed by atoms with Crippen LogP contribution in [-0.2, 0) is 34.2 Å². The van der Waals surface area contributed by atoms with E-state index < -0.39 is 5.97 Å². The summed E-state index contributed by atoms with van der Waals surface area (Å²) < 4.78 is 8.42. The molecule has 0 spiro atoms. The normalized spacial score (nSPS) is 10.7. The highest BCUT2D eigenvalue weighted by Crippen LogP contribution is 2.11. The SMILES string of the molecule is CN(C)C(=O)CCOC(=O)Cc1cccc(Cc2nn(-c3cnn(C)c3)ccc2=O)c1. The second-order valence-electron chi connectivity index (χ2n) is 7.38. The summed E-state index contributed by atoms with van der Waals surface area (Å²) in [6.45, 7) is 0.0529. The molecule has 0 aliphatic carbocycles. The van der Waals surface area contributed by atoms with Crippen molar-refractivity contribution in [3.8, 4) is 5.69 Å². The van der Waals surface area contributed by atoms with Gasteiger partial charge in [-0.2, -0.15) is 10.2 Å². The molecule has 1 amide bonds. The number of amides is 1. The molecule has 0 N–H and O–H groups in total. The van der Waals surface area contributed by atoms with Gasteiger partial charge in [0.15, 0.2) is 0 Å². The van der Waals surface area contributed by atoms with Crippen LogP contribution < -0.4 is 5.43 Å². The molecule has 9 heteroatoms. The van der Waals surface area contributed by atoms with Crippen molar-refractivity contribution in [2.45, 2.75) is 19.3 Å². The molecule has 162 valence electrons. The molecular weight excluding hydrogens is 398 g/mol. The number of rotatable bonds is 8. The van der Waals surface area contributed by atoms with Crippen molar-refractivity contribution in [2.75, 3.05) is 20.7 Å². The number of carbonyl (C=O) groups is 2. The van der Waals surface area contributed by atoms with Crippen molar-refractivity contribution >= 4 is 11.9 Å². The Balaban J connectivity index is 1.65. The minimum atomic E-state index is -0.402. The van der Waals surface area contributed by atoms with Crippen LogP contribution >= 0.6 is 0 Å². The Bertz CT molecular complexity index is 1130. The fourth-order valence-electron chi connectivity index (χ4n) is 2.98. The van der Waals surface area contributed by atoms with Crippen LogP contribution in [0.3, 0.4) is 0 Å². The van der Waals surface area contributed by atoms with Crippen molar-refractivity contribution in [1.82, 2.24) is 24.5 Å². The number of esters is 1. The standard InChI is InChI=1S/C22H25N5O4/c1-25(2)21(29)8-10-31-22(30)13-17-6-4-5-16(11-17)12-19-20(28)7-9-27(24-19)18-14-23-26(3)15-18/h4-7,9,11,14-15H,8,10,12-13H2,1-3H3. The predicted molar refractivity (Wildman–Crippen MR) is 114 cm³/mol. The Morgan fingerprint density at radius 1 is 1.16 bits per heavy atom. The van der Waals surface area contributed by atoms with Crippen LogP contribution in [0.15, 0.2) is 53.7 Å². The third kappa shape index (κ3) is 6.11. The summed E-state index contributed by atoms with van der Waals surface area (Å²) in [6.07, 6.45) is 5.66. The maximum atomic E-state index is 12.3. The summed E-state index contributed by atoms with van der Waals surface area (Å²) in [6, 6.07) is 8.87. The molecule has 3 aromatic rings. The molecule has 2 heterocycles.